The maximum absolute atomic E-state index is 9.98. The number of thioether (sulfide) groups is 1. The maximum atomic E-state index is 9.98. The number of hydrogen-bond donors (Lipinski definition) is 5. The number of aliphatic hydroxyl groups is 4. The molecule has 1 aliphatic rings. The van der Waals surface area contributed by atoms with Gasteiger partial charge in [-0.15, -0.1) is 0 Å². The minimum Gasteiger partial charge on any atom is -0.394 e. The fourth-order valence-corrected chi connectivity index (χ4v) is 3.30. The minimum absolute atomic E-state index is 0.442. The minimum atomic E-state index is -1.38. The van der Waals surface area contributed by atoms with Crippen LogP contribution in [0.15, 0.2) is 29.4 Å². The summed E-state index contributed by atoms with van der Waals surface area (Å²) in [6.45, 7) is -0.442. The Hall–Kier alpha value is -1.16. The van der Waals surface area contributed by atoms with Gasteiger partial charge in [-0.3, -0.25) is 0 Å². The predicted molar refractivity (Wildman–Crippen MR) is 75.7 cm³/mol. The summed E-state index contributed by atoms with van der Waals surface area (Å²) in [4.78, 5) is 7.42. The third kappa shape index (κ3) is 2.78. The Kier molecular flexibility index (Phi) is 4.16. The number of para-hydroxylation sites is 2. The van der Waals surface area contributed by atoms with E-state index in [1.165, 1.54) is 0 Å². The summed E-state index contributed by atoms with van der Waals surface area (Å²) < 4.78 is 5.42. The number of aliphatic hydroxyl groups excluding tert-OH is 4. The van der Waals surface area contributed by atoms with Crippen LogP contribution in [0, 0.1) is 0 Å². The normalized spacial score (nSPS) is 33.4. The first-order valence-electron chi connectivity index (χ1n) is 6.52. The van der Waals surface area contributed by atoms with Gasteiger partial charge in [0.15, 0.2) is 5.16 Å². The van der Waals surface area contributed by atoms with Crippen LogP contribution in [-0.4, -0.2) is 66.9 Å². The molecule has 114 valence electrons. The van der Waals surface area contributed by atoms with Gasteiger partial charge >= 0.3 is 0 Å². The van der Waals surface area contributed by atoms with Crippen molar-refractivity contribution in [2.75, 3.05) is 6.61 Å². The van der Waals surface area contributed by atoms with Gasteiger partial charge in [-0.05, 0) is 12.1 Å². The zero-order valence-electron chi connectivity index (χ0n) is 11.0. The number of nitrogens with zero attached hydrogens (tertiary/aromatic N) is 1. The van der Waals surface area contributed by atoms with Gasteiger partial charge in [-0.1, -0.05) is 23.9 Å². The van der Waals surface area contributed by atoms with Crippen LogP contribution in [0.3, 0.4) is 0 Å². The van der Waals surface area contributed by atoms with Crippen molar-refractivity contribution in [2.45, 2.75) is 35.0 Å². The first-order valence-corrected chi connectivity index (χ1v) is 7.40. The van der Waals surface area contributed by atoms with E-state index in [4.69, 9.17) is 9.84 Å². The standard InChI is InChI=1S/C13H16N2O5S/c16-5-8-9(17)10(18)11(19)12(20-8)21-13-14-6-3-1-2-4-7(6)15-13/h1-4,8-12,16-19H,5H2,(H,14,15)/t8-,9-,10+,11-,12+/m1/s1. The second-order valence-electron chi connectivity index (χ2n) is 4.87. The summed E-state index contributed by atoms with van der Waals surface area (Å²) >= 11 is 1.10. The third-order valence-electron chi connectivity index (χ3n) is 3.44. The number of rotatable bonds is 3. The van der Waals surface area contributed by atoms with Gasteiger partial charge in [0, 0.05) is 0 Å². The highest BCUT2D eigenvalue weighted by atomic mass is 32.2. The largest absolute Gasteiger partial charge is 0.394 e. The van der Waals surface area contributed by atoms with Crippen molar-refractivity contribution in [3.8, 4) is 0 Å². The van der Waals surface area contributed by atoms with Crippen LogP contribution in [0.2, 0.25) is 0 Å². The molecular weight excluding hydrogens is 296 g/mol. The van der Waals surface area contributed by atoms with E-state index in [0.717, 1.165) is 22.8 Å². The van der Waals surface area contributed by atoms with Crippen molar-refractivity contribution in [1.82, 2.24) is 9.97 Å². The molecule has 0 unspecified atom stereocenters. The van der Waals surface area contributed by atoms with Gasteiger partial charge in [0.2, 0.25) is 0 Å². The number of ether oxygens (including phenoxy) is 1. The first-order chi connectivity index (χ1) is 10.1. The van der Waals surface area contributed by atoms with Crippen molar-refractivity contribution < 1.29 is 25.2 Å². The van der Waals surface area contributed by atoms with E-state index in [-0.39, 0.29) is 0 Å². The van der Waals surface area contributed by atoms with Crippen molar-refractivity contribution in [1.29, 1.82) is 0 Å². The van der Waals surface area contributed by atoms with Crippen LogP contribution in [0.1, 0.15) is 0 Å². The van der Waals surface area contributed by atoms with Crippen molar-refractivity contribution in [3.05, 3.63) is 24.3 Å². The number of nitrogens with one attached hydrogen (secondary N) is 1. The van der Waals surface area contributed by atoms with Crippen molar-refractivity contribution >= 4 is 22.8 Å². The van der Waals surface area contributed by atoms with Gasteiger partial charge in [-0.2, -0.15) is 0 Å². The number of fused-ring (bicyclic) bond motifs is 1. The molecule has 2 heterocycles. The predicted octanol–water partition coefficient (Wildman–Crippen LogP) is -0.545. The summed E-state index contributed by atoms with van der Waals surface area (Å²) in [7, 11) is 0. The van der Waals surface area contributed by atoms with Gasteiger partial charge in [0.25, 0.3) is 0 Å². The summed E-state index contributed by atoms with van der Waals surface area (Å²) in [5, 5.41) is 39.1. The van der Waals surface area contributed by atoms with Crippen LogP contribution in [0.25, 0.3) is 11.0 Å². The van der Waals surface area contributed by atoms with Crippen LogP contribution in [-0.2, 0) is 4.74 Å². The quantitative estimate of drug-likeness (QED) is 0.516. The monoisotopic (exact) mass is 312 g/mol. The van der Waals surface area contributed by atoms with E-state index in [2.05, 4.69) is 9.97 Å². The van der Waals surface area contributed by atoms with Gasteiger partial charge in [0.1, 0.15) is 29.9 Å². The van der Waals surface area contributed by atoms with Crippen molar-refractivity contribution in [2.24, 2.45) is 0 Å². The number of benzene rings is 1. The average molecular weight is 312 g/mol. The molecule has 0 bridgehead atoms. The summed E-state index contributed by atoms with van der Waals surface area (Å²) in [5.74, 6) is 0. The second kappa shape index (κ2) is 5.91. The van der Waals surface area contributed by atoms with Gasteiger partial charge in [0.05, 0.1) is 17.6 Å². The molecule has 0 radical (unpaired) electrons. The Morgan fingerprint density at radius 3 is 2.62 bits per heavy atom. The van der Waals surface area contributed by atoms with E-state index in [0.29, 0.717) is 5.16 Å². The first kappa shape index (κ1) is 14.8. The molecule has 1 aliphatic heterocycles. The highest BCUT2D eigenvalue weighted by molar-refractivity contribution is 7.99. The van der Waals surface area contributed by atoms with Gasteiger partial charge < -0.3 is 30.1 Å². The molecule has 1 aromatic heterocycles. The second-order valence-corrected chi connectivity index (χ2v) is 5.96. The fraction of sp³-hybridized carbons (Fsp3) is 0.462. The van der Waals surface area contributed by atoms with Gasteiger partial charge in [-0.25, -0.2) is 4.98 Å². The molecule has 2 aromatic rings. The van der Waals surface area contributed by atoms with E-state index < -0.39 is 36.5 Å². The molecule has 8 heteroatoms. The Bertz CT molecular complexity index is 586. The molecule has 0 amide bonds. The fourth-order valence-electron chi connectivity index (χ4n) is 2.26. The Morgan fingerprint density at radius 1 is 1.14 bits per heavy atom. The lowest BCUT2D eigenvalue weighted by Gasteiger charge is -2.39. The van der Waals surface area contributed by atoms with Crippen LogP contribution in [0.4, 0.5) is 0 Å². The van der Waals surface area contributed by atoms with E-state index in [9.17, 15) is 15.3 Å². The third-order valence-corrected chi connectivity index (χ3v) is 4.48. The molecule has 0 spiro atoms. The molecule has 0 saturated carbocycles. The van der Waals surface area contributed by atoms with E-state index >= 15 is 0 Å². The molecule has 7 nitrogen and oxygen atoms in total. The van der Waals surface area contributed by atoms with Crippen molar-refractivity contribution in [3.63, 3.8) is 0 Å². The average Bonchev–Trinajstić information content (AvgIpc) is 2.90. The lowest BCUT2D eigenvalue weighted by atomic mass is 10.0. The Morgan fingerprint density at radius 2 is 1.90 bits per heavy atom. The highest BCUT2D eigenvalue weighted by Gasteiger charge is 2.44. The van der Waals surface area contributed by atoms with Crippen LogP contribution >= 0.6 is 11.8 Å². The lowest BCUT2D eigenvalue weighted by Crippen LogP contribution is -2.57. The molecule has 21 heavy (non-hydrogen) atoms. The molecular formula is C13H16N2O5S. The van der Waals surface area contributed by atoms with E-state index in [1.54, 1.807) is 0 Å². The van der Waals surface area contributed by atoms with Crippen LogP contribution in [0.5, 0.6) is 0 Å². The number of hydrogen-bond acceptors (Lipinski definition) is 7. The SMILES string of the molecule is OC[C@H]1O[C@@H](Sc2nc3ccccc3[nH]2)[C@H](O)[C@@H](O)[C@@H]1O. The molecule has 5 N–H and O–H groups in total. The number of aromatic nitrogens is 2. The smallest absolute Gasteiger partial charge is 0.168 e. The van der Waals surface area contributed by atoms with E-state index in [1.807, 2.05) is 24.3 Å². The zero-order valence-corrected chi connectivity index (χ0v) is 11.8. The number of H-pyrrole nitrogens is 1. The maximum Gasteiger partial charge on any atom is 0.168 e. The number of imidazole rings is 1. The highest BCUT2D eigenvalue weighted by Crippen LogP contribution is 2.32. The topological polar surface area (TPSA) is 119 Å². The molecule has 5 atom stereocenters. The molecule has 1 fully saturated rings. The molecule has 1 saturated heterocycles. The Balaban J connectivity index is 1.79. The molecule has 1 aromatic carbocycles. The lowest BCUT2D eigenvalue weighted by molar-refractivity contribution is -0.205. The van der Waals surface area contributed by atoms with Crippen LogP contribution < -0.4 is 0 Å². The summed E-state index contributed by atoms with van der Waals surface area (Å²) in [6, 6.07) is 7.47. The Labute approximate surface area is 124 Å². The zero-order chi connectivity index (χ0) is 15.0. The summed E-state index contributed by atoms with van der Waals surface area (Å²) in [6.07, 6.45) is -4.92. The molecule has 3 rings (SSSR count). The molecule has 0 aliphatic carbocycles. The number of aromatic amines is 1. The summed E-state index contributed by atoms with van der Waals surface area (Å²) in [5.41, 5.74) is 0.801.